The highest BCUT2D eigenvalue weighted by atomic mass is 19.4. The van der Waals surface area contributed by atoms with E-state index < -0.39 is 30.1 Å². The highest BCUT2D eigenvalue weighted by Gasteiger charge is 2.38. The number of alkyl halides is 6. The SMILES string of the molecule is CCOc1ccc(F)c(N(Cc2ncc(-c3ccccc3)[nH]2)c2ccc(/C(N)=N\O)cc2)c1.O=C(O)C(F)(F)F.O=C(O)C(F)(F)F. The molecule has 0 radical (unpaired) electrons. The van der Waals surface area contributed by atoms with Gasteiger partial charge in [0.1, 0.15) is 17.4 Å². The first-order valence-electron chi connectivity index (χ1n) is 12.9. The number of hydrogen-bond acceptors (Lipinski definition) is 7. The molecule has 11 nitrogen and oxygen atoms in total. The van der Waals surface area contributed by atoms with Crippen LogP contribution in [0, 0.1) is 5.82 Å². The van der Waals surface area contributed by atoms with Crippen LogP contribution in [0.4, 0.5) is 42.1 Å². The summed E-state index contributed by atoms with van der Waals surface area (Å²) in [5.74, 6) is -4.68. The first-order chi connectivity index (χ1) is 22.0. The number of carboxylic acid groups (broad SMARTS) is 2. The van der Waals surface area contributed by atoms with E-state index in [0.717, 1.165) is 11.3 Å². The Hall–Kier alpha value is -5.81. The summed E-state index contributed by atoms with van der Waals surface area (Å²) in [7, 11) is 0. The second kappa shape index (κ2) is 16.5. The lowest BCUT2D eigenvalue weighted by Crippen LogP contribution is -2.21. The molecule has 0 spiro atoms. The third-order valence-corrected chi connectivity index (χ3v) is 5.61. The number of anilines is 2. The van der Waals surface area contributed by atoms with Gasteiger partial charge in [0.15, 0.2) is 5.84 Å². The van der Waals surface area contributed by atoms with Crippen molar-refractivity contribution in [1.82, 2.24) is 9.97 Å². The Bertz CT molecular complexity index is 1620. The van der Waals surface area contributed by atoms with Gasteiger partial charge in [0.2, 0.25) is 0 Å². The molecule has 47 heavy (non-hydrogen) atoms. The molecule has 0 saturated carbocycles. The van der Waals surface area contributed by atoms with Crippen LogP contribution in [0.25, 0.3) is 11.3 Å². The Balaban J connectivity index is 0.000000459. The van der Waals surface area contributed by atoms with Gasteiger partial charge in [-0.25, -0.2) is 19.0 Å². The lowest BCUT2D eigenvalue weighted by Gasteiger charge is -2.25. The number of rotatable bonds is 8. The summed E-state index contributed by atoms with van der Waals surface area (Å²) in [4.78, 5) is 27.4. The number of aromatic nitrogens is 2. The number of carbonyl (C=O) groups is 2. The van der Waals surface area contributed by atoms with Crippen LogP contribution in [-0.2, 0) is 16.1 Å². The fourth-order valence-electron chi connectivity index (χ4n) is 3.50. The fraction of sp³-hybridized carbons (Fsp3) is 0.172. The van der Waals surface area contributed by atoms with Crippen molar-refractivity contribution < 1.29 is 60.5 Å². The number of nitrogens with two attached hydrogens (primary N) is 1. The summed E-state index contributed by atoms with van der Waals surface area (Å²) in [6.45, 7) is 2.63. The van der Waals surface area contributed by atoms with Crippen molar-refractivity contribution >= 4 is 29.1 Å². The van der Waals surface area contributed by atoms with E-state index >= 15 is 0 Å². The molecular formula is C29H26F7N5O6. The highest BCUT2D eigenvalue weighted by Crippen LogP contribution is 2.33. The lowest BCUT2D eigenvalue weighted by atomic mass is 10.1. The van der Waals surface area contributed by atoms with Gasteiger partial charge in [0.25, 0.3) is 0 Å². The maximum Gasteiger partial charge on any atom is 0.490 e. The second-order valence-electron chi connectivity index (χ2n) is 8.88. The molecule has 0 unspecified atom stereocenters. The third kappa shape index (κ3) is 11.6. The van der Waals surface area contributed by atoms with Crippen LogP contribution in [0.5, 0.6) is 5.75 Å². The Kier molecular flexibility index (Phi) is 13.1. The van der Waals surface area contributed by atoms with E-state index in [2.05, 4.69) is 15.1 Å². The topological polar surface area (TPSA) is 174 Å². The van der Waals surface area contributed by atoms with Crippen molar-refractivity contribution in [3.63, 3.8) is 0 Å². The van der Waals surface area contributed by atoms with Crippen LogP contribution in [0.15, 0.2) is 84.1 Å². The number of aliphatic carboxylic acids is 2. The van der Waals surface area contributed by atoms with E-state index in [9.17, 15) is 30.7 Å². The number of halogens is 7. The minimum Gasteiger partial charge on any atom is -0.494 e. The monoisotopic (exact) mass is 673 g/mol. The zero-order valence-corrected chi connectivity index (χ0v) is 24.1. The minimum atomic E-state index is -5.08. The van der Waals surface area contributed by atoms with Crippen LogP contribution in [0.2, 0.25) is 0 Å². The predicted molar refractivity (Wildman–Crippen MR) is 154 cm³/mol. The third-order valence-electron chi connectivity index (χ3n) is 5.61. The Morgan fingerprint density at radius 1 is 0.936 bits per heavy atom. The second-order valence-corrected chi connectivity index (χ2v) is 8.88. The summed E-state index contributed by atoms with van der Waals surface area (Å²) in [6, 6.07) is 21.5. The van der Waals surface area contributed by atoms with Gasteiger partial charge in [-0.05, 0) is 48.9 Å². The number of amidine groups is 1. The van der Waals surface area contributed by atoms with E-state index in [0.29, 0.717) is 35.1 Å². The normalized spacial score (nSPS) is 11.4. The van der Waals surface area contributed by atoms with Crippen LogP contribution >= 0.6 is 0 Å². The number of aromatic amines is 1. The van der Waals surface area contributed by atoms with Crippen LogP contribution in [0.3, 0.4) is 0 Å². The van der Waals surface area contributed by atoms with Gasteiger partial charge < -0.3 is 35.8 Å². The molecule has 1 aromatic heterocycles. The zero-order valence-electron chi connectivity index (χ0n) is 24.1. The number of carboxylic acids is 2. The number of H-pyrrole nitrogens is 1. The molecule has 4 rings (SSSR count). The first kappa shape index (κ1) is 37.4. The van der Waals surface area contributed by atoms with E-state index in [4.69, 9.17) is 35.5 Å². The molecule has 0 saturated heterocycles. The molecule has 0 aliphatic carbocycles. The van der Waals surface area contributed by atoms with Gasteiger partial charge >= 0.3 is 24.3 Å². The molecule has 0 bridgehead atoms. The summed E-state index contributed by atoms with van der Waals surface area (Å²) < 4.78 is 84.0. The Morgan fingerprint density at radius 3 is 1.98 bits per heavy atom. The molecule has 0 amide bonds. The van der Waals surface area contributed by atoms with Gasteiger partial charge in [0.05, 0.1) is 30.7 Å². The van der Waals surface area contributed by atoms with Crippen molar-refractivity contribution in [3.05, 3.63) is 96.2 Å². The van der Waals surface area contributed by atoms with E-state index in [-0.39, 0.29) is 12.4 Å². The fourth-order valence-corrected chi connectivity index (χ4v) is 3.50. The van der Waals surface area contributed by atoms with Crippen molar-refractivity contribution in [2.75, 3.05) is 11.5 Å². The molecular weight excluding hydrogens is 647 g/mol. The zero-order chi connectivity index (χ0) is 35.4. The van der Waals surface area contributed by atoms with Gasteiger partial charge in [0, 0.05) is 17.3 Å². The molecule has 0 fully saturated rings. The van der Waals surface area contributed by atoms with E-state index in [1.165, 1.54) is 6.07 Å². The number of nitrogens with zero attached hydrogens (tertiary/aromatic N) is 3. The summed E-state index contributed by atoms with van der Waals surface area (Å²) in [6.07, 6.45) is -8.41. The highest BCUT2D eigenvalue weighted by molar-refractivity contribution is 5.97. The van der Waals surface area contributed by atoms with E-state index in [1.54, 1.807) is 47.5 Å². The van der Waals surface area contributed by atoms with Crippen molar-refractivity contribution in [2.24, 2.45) is 10.9 Å². The molecule has 4 aromatic rings. The largest absolute Gasteiger partial charge is 0.494 e. The Morgan fingerprint density at radius 2 is 1.49 bits per heavy atom. The number of oxime groups is 1. The van der Waals surface area contributed by atoms with Gasteiger partial charge in [-0.15, -0.1) is 0 Å². The maximum atomic E-state index is 15.0. The first-order valence-corrected chi connectivity index (χ1v) is 12.9. The number of benzene rings is 3. The number of nitrogens with one attached hydrogen (secondary N) is 1. The maximum absolute atomic E-state index is 15.0. The quantitative estimate of drug-likeness (QED) is 0.0472. The average Bonchev–Trinajstić information content (AvgIpc) is 3.50. The predicted octanol–water partition coefficient (Wildman–Crippen LogP) is 6.31. The van der Waals surface area contributed by atoms with Gasteiger partial charge in [-0.2, -0.15) is 26.3 Å². The molecule has 0 aliphatic heterocycles. The summed E-state index contributed by atoms with van der Waals surface area (Å²) in [5, 5.41) is 26.2. The molecule has 6 N–H and O–H groups in total. The minimum absolute atomic E-state index is 0.00355. The van der Waals surface area contributed by atoms with Gasteiger partial charge in [-0.3, -0.25) is 0 Å². The molecule has 1 heterocycles. The summed E-state index contributed by atoms with van der Waals surface area (Å²) in [5.41, 5.74) is 9.16. The smallest absolute Gasteiger partial charge is 0.490 e. The van der Waals surface area contributed by atoms with Crippen molar-refractivity contribution in [2.45, 2.75) is 25.8 Å². The molecule has 0 atom stereocenters. The summed E-state index contributed by atoms with van der Waals surface area (Å²) >= 11 is 0. The molecule has 18 heteroatoms. The molecule has 252 valence electrons. The van der Waals surface area contributed by atoms with Crippen LogP contribution < -0.4 is 15.4 Å². The number of imidazole rings is 1. The average molecular weight is 674 g/mol. The Labute approximate surface area is 261 Å². The number of hydrogen-bond donors (Lipinski definition) is 5. The van der Waals surface area contributed by atoms with E-state index in [1.807, 2.05) is 37.3 Å². The number of ether oxygens (including phenoxy) is 1. The molecule has 0 aliphatic rings. The van der Waals surface area contributed by atoms with Crippen molar-refractivity contribution in [1.29, 1.82) is 0 Å². The van der Waals surface area contributed by atoms with Gasteiger partial charge in [-0.1, -0.05) is 35.5 Å². The van der Waals surface area contributed by atoms with Crippen molar-refractivity contribution in [3.8, 4) is 17.0 Å². The molecule has 3 aromatic carbocycles. The van der Waals surface area contributed by atoms with Crippen LogP contribution in [0.1, 0.15) is 18.3 Å². The lowest BCUT2D eigenvalue weighted by molar-refractivity contribution is -0.193. The van der Waals surface area contributed by atoms with Crippen LogP contribution in [-0.4, -0.2) is 62.1 Å². The standard InChI is InChI=1S/C25H24FN5O2.2C2HF3O2/c1-2-33-20-12-13-21(26)23(14-20)31(19-10-8-18(9-11-19)25(27)30-32)16-24-28-15-22(29-24)17-6-4-3-5-7-17;2*3-2(4,5)1(6)7/h3-15,32H,2,16H2,1H3,(H2,27,30)(H,28,29);2*(H,6,7).